The SMILES string of the molecule is CC(Oc1ccc(NCCN)cc1)C(=O)O. The highest BCUT2D eigenvalue weighted by Crippen LogP contribution is 2.16. The van der Waals surface area contributed by atoms with Gasteiger partial charge < -0.3 is 20.9 Å². The van der Waals surface area contributed by atoms with E-state index in [2.05, 4.69) is 5.32 Å². The van der Waals surface area contributed by atoms with Crippen molar-refractivity contribution in [2.24, 2.45) is 5.73 Å². The summed E-state index contributed by atoms with van der Waals surface area (Å²) < 4.78 is 5.18. The number of rotatable bonds is 6. The predicted octanol–water partition coefficient (Wildman–Crippen LogP) is 0.909. The predicted molar refractivity (Wildman–Crippen MR) is 61.7 cm³/mol. The fourth-order valence-electron chi connectivity index (χ4n) is 1.12. The molecule has 1 rings (SSSR count). The summed E-state index contributed by atoms with van der Waals surface area (Å²) in [6.07, 6.45) is -0.845. The van der Waals surface area contributed by atoms with Crippen LogP contribution >= 0.6 is 0 Å². The van der Waals surface area contributed by atoms with E-state index in [-0.39, 0.29) is 0 Å². The Balaban J connectivity index is 2.54. The maximum Gasteiger partial charge on any atom is 0.344 e. The second-order valence-electron chi connectivity index (χ2n) is 3.34. The summed E-state index contributed by atoms with van der Waals surface area (Å²) in [5.41, 5.74) is 6.28. The zero-order valence-corrected chi connectivity index (χ0v) is 9.14. The molecule has 4 N–H and O–H groups in total. The molecule has 0 spiro atoms. The highest BCUT2D eigenvalue weighted by molar-refractivity contribution is 5.72. The number of nitrogens with two attached hydrogens (primary N) is 1. The van der Waals surface area contributed by atoms with Gasteiger partial charge in [-0.05, 0) is 31.2 Å². The van der Waals surface area contributed by atoms with Crippen molar-refractivity contribution in [1.82, 2.24) is 0 Å². The van der Waals surface area contributed by atoms with Crippen LogP contribution in [0.3, 0.4) is 0 Å². The molecule has 0 saturated heterocycles. The number of carboxylic acid groups (broad SMARTS) is 1. The average molecular weight is 224 g/mol. The highest BCUT2D eigenvalue weighted by Gasteiger charge is 2.11. The third-order valence-electron chi connectivity index (χ3n) is 1.99. The van der Waals surface area contributed by atoms with E-state index in [4.69, 9.17) is 15.6 Å². The van der Waals surface area contributed by atoms with Crippen molar-refractivity contribution in [3.8, 4) is 5.75 Å². The second-order valence-corrected chi connectivity index (χ2v) is 3.34. The van der Waals surface area contributed by atoms with Crippen LogP contribution in [0.5, 0.6) is 5.75 Å². The molecule has 1 unspecified atom stereocenters. The van der Waals surface area contributed by atoms with Gasteiger partial charge >= 0.3 is 5.97 Å². The van der Waals surface area contributed by atoms with Crippen LogP contribution in [0.25, 0.3) is 0 Å². The van der Waals surface area contributed by atoms with Gasteiger partial charge in [-0.25, -0.2) is 4.79 Å². The Labute approximate surface area is 94.2 Å². The molecule has 0 aliphatic heterocycles. The average Bonchev–Trinajstić information content (AvgIpc) is 2.28. The number of carbonyl (C=O) groups is 1. The molecule has 0 saturated carbocycles. The molecule has 0 fully saturated rings. The lowest BCUT2D eigenvalue weighted by Crippen LogP contribution is -2.22. The van der Waals surface area contributed by atoms with Crippen LogP contribution in [0, 0.1) is 0 Å². The minimum Gasteiger partial charge on any atom is -0.479 e. The van der Waals surface area contributed by atoms with Crippen molar-refractivity contribution in [3.05, 3.63) is 24.3 Å². The molecular formula is C11H16N2O3. The van der Waals surface area contributed by atoms with Gasteiger partial charge in [0.15, 0.2) is 6.10 Å². The summed E-state index contributed by atoms with van der Waals surface area (Å²) in [7, 11) is 0. The van der Waals surface area contributed by atoms with Crippen molar-refractivity contribution >= 4 is 11.7 Å². The van der Waals surface area contributed by atoms with Gasteiger partial charge in [0.05, 0.1) is 0 Å². The molecule has 16 heavy (non-hydrogen) atoms. The third-order valence-corrected chi connectivity index (χ3v) is 1.99. The van der Waals surface area contributed by atoms with Gasteiger partial charge in [0.25, 0.3) is 0 Å². The van der Waals surface area contributed by atoms with Crippen molar-refractivity contribution < 1.29 is 14.6 Å². The fourth-order valence-corrected chi connectivity index (χ4v) is 1.12. The monoisotopic (exact) mass is 224 g/mol. The molecule has 0 amide bonds. The molecule has 1 atom stereocenters. The van der Waals surface area contributed by atoms with E-state index in [0.29, 0.717) is 18.8 Å². The first-order valence-electron chi connectivity index (χ1n) is 5.07. The lowest BCUT2D eigenvalue weighted by molar-refractivity contribution is -0.144. The molecule has 5 nitrogen and oxygen atoms in total. The Morgan fingerprint density at radius 2 is 2.12 bits per heavy atom. The summed E-state index contributed by atoms with van der Waals surface area (Å²) in [6.45, 7) is 2.75. The molecule has 5 heteroatoms. The molecule has 0 aliphatic carbocycles. The standard InChI is InChI=1S/C11H16N2O3/c1-8(11(14)15)16-10-4-2-9(3-5-10)13-7-6-12/h2-5,8,13H,6-7,12H2,1H3,(H,14,15). The van der Waals surface area contributed by atoms with Crippen molar-refractivity contribution in [3.63, 3.8) is 0 Å². The first-order valence-corrected chi connectivity index (χ1v) is 5.07. The third kappa shape index (κ3) is 3.78. The Hall–Kier alpha value is -1.75. The van der Waals surface area contributed by atoms with Crippen LogP contribution in [-0.2, 0) is 4.79 Å². The first-order chi connectivity index (χ1) is 7.63. The maximum absolute atomic E-state index is 10.6. The molecule has 0 heterocycles. The van der Waals surface area contributed by atoms with Gasteiger partial charge in [-0.15, -0.1) is 0 Å². The Bertz CT molecular complexity index is 338. The largest absolute Gasteiger partial charge is 0.479 e. The molecule has 88 valence electrons. The summed E-state index contributed by atoms with van der Waals surface area (Å²) >= 11 is 0. The minimum atomic E-state index is -0.981. The van der Waals surface area contributed by atoms with E-state index in [1.165, 1.54) is 6.92 Å². The van der Waals surface area contributed by atoms with Gasteiger partial charge in [0.1, 0.15) is 5.75 Å². The van der Waals surface area contributed by atoms with Crippen molar-refractivity contribution in [2.45, 2.75) is 13.0 Å². The molecule has 1 aromatic rings. The van der Waals surface area contributed by atoms with Crippen LogP contribution in [0.1, 0.15) is 6.92 Å². The molecule has 0 bridgehead atoms. The molecule has 0 radical (unpaired) electrons. The number of ether oxygens (including phenoxy) is 1. The topological polar surface area (TPSA) is 84.6 Å². The van der Waals surface area contributed by atoms with E-state index in [9.17, 15) is 4.79 Å². The van der Waals surface area contributed by atoms with Gasteiger partial charge in [-0.2, -0.15) is 0 Å². The van der Waals surface area contributed by atoms with Gasteiger partial charge in [-0.3, -0.25) is 0 Å². The molecular weight excluding hydrogens is 208 g/mol. The quantitative estimate of drug-likeness (QED) is 0.668. The van der Waals surface area contributed by atoms with Crippen LogP contribution in [0.4, 0.5) is 5.69 Å². The van der Waals surface area contributed by atoms with Gasteiger partial charge in [0, 0.05) is 18.8 Å². The van der Waals surface area contributed by atoms with E-state index < -0.39 is 12.1 Å². The Morgan fingerprint density at radius 3 is 2.62 bits per heavy atom. The minimum absolute atomic E-state index is 0.535. The second kappa shape index (κ2) is 5.97. The summed E-state index contributed by atoms with van der Waals surface area (Å²) in [5, 5.41) is 11.8. The van der Waals surface area contributed by atoms with Gasteiger partial charge in [-0.1, -0.05) is 0 Å². The van der Waals surface area contributed by atoms with E-state index in [0.717, 1.165) is 5.69 Å². The number of hydrogen-bond acceptors (Lipinski definition) is 4. The highest BCUT2D eigenvalue weighted by atomic mass is 16.5. The molecule has 0 aliphatic rings. The van der Waals surface area contributed by atoms with E-state index in [1.807, 2.05) is 12.1 Å². The Morgan fingerprint density at radius 1 is 1.50 bits per heavy atom. The molecule has 0 aromatic heterocycles. The zero-order valence-electron chi connectivity index (χ0n) is 9.14. The van der Waals surface area contributed by atoms with Crippen LogP contribution in [0.2, 0.25) is 0 Å². The summed E-state index contributed by atoms with van der Waals surface area (Å²) in [4.78, 5) is 10.6. The number of benzene rings is 1. The molecule has 1 aromatic carbocycles. The van der Waals surface area contributed by atoms with Crippen molar-refractivity contribution in [2.75, 3.05) is 18.4 Å². The van der Waals surface area contributed by atoms with Crippen LogP contribution in [0.15, 0.2) is 24.3 Å². The summed E-state index contributed by atoms with van der Waals surface area (Å²) in [6, 6.07) is 7.08. The van der Waals surface area contributed by atoms with E-state index in [1.54, 1.807) is 12.1 Å². The van der Waals surface area contributed by atoms with Gasteiger partial charge in [0.2, 0.25) is 0 Å². The first kappa shape index (κ1) is 12.3. The zero-order chi connectivity index (χ0) is 12.0. The van der Waals surface area contributed by atoms with E-state index >= 15 is 0 Å². The lowest BCUT2D eigenvalue weighted by atomic mass is 10.3. The smallest absolute Gasteiger partial charge is 0.344 e. The Kier molecular flexibility index (Phi) is 4.60. The normalized spacial score (nSPS) is 11.9. The maximum atomic E-state index is 10.6. The summed E-state index contributed by atoms with van der Waals surface area (Å²) in [5.74, 6) is -0.446. The lowest BCUT2D eigenvalue weighted by Gasteiger charge is -2.11. The van der Waals surface area contributed by atoms with Crippen molar-refractivity contribution in [1.29, 1.82) is 0 Å². The van der Waals surface area contributed by atoms with Crippen LogP contribution < -0.4 is 15.8 Å². The number of hydrogen-bond donors (Lipinski definition) is 3. The fraction of sp³-hybridized carbons (Fsp3) is 0.364. The number of aliphatic carboxylic acids is 1. The van der Waals surface area contributed by atoms with Crippen LogP contribution in [-0.4, -0.2) is 30.3 Å². The number of nitrogens with one attached hydrogen (secondary N) is 1. The number of carboxylic acids is 1. The number of anilines is 1.